The summed E-state index contributed by atoms with van der Waals surface area (Å²) in [6.45, 7) is 9.28. The monoisotopic (exact) mass is 483 g/mol. The Labute approximate surface area is 200 Å². The van der Waals surface area contributed by atoms with Gasteiger partial charge >= 0.3 is 0 Å². The molecule has 1 heterocycles. The van der Waals surface area contributed by atoms with Crippen molar-refractivity contribution in [2.24, 2.45) is 5.14 Å². The smallest absolute Gasteiger partial charge is 0.238 e. The topological polar surface area (TPSA) is 105 Å². The molecule has 2 N–H and O–H groups in total. The van der Waals surface area contributed by atoms with Gasteiger partial charge in [-0.2, -0.15) is 10.4 Å². The van der Waals surface area contributed by atoms with Gasteiger partial charge in [-0.3, -0.25) is 4.90 Å². The van der Waals surface area contributed by atoms with Crippen molar-refractivity contribution in [2.45, 2.75) is 57.5 Å². The van der Waals surface area contributed by atoms with Crippen LogP contribution in [0.2, 0.25) is 0 Å². The SMILES string of the molecule is Cc1cccc(Cc2cc(CN(CCC#N)C(C)(C)C)nn2-c2ccc(S(N)(=O)=O)cc2F)c1. The van der Waals surface area contributed by atoms with Crippen molar-refractivity contribution >= 4 is 10.0 Å². The lowest BCUT2D eigenvalue weighted by molar-refractivity contribution is 0.129. The molecule has 0 saturated heterocycles. The van der Waals surface area contributed by atoms with Gasteiger partial charge in [0.2, 0.25) is 10.0 Å². The van der Waals surface area contributed by atoms with E-state index in [9.17, 15) is 8.42 Å². The molecule has 7 nitrogen and oxygen atoms in total. The van der Waals surface area contributed by atoms with Crippen LogP contribution in [-0.2, 0) is 23.0 Å². The number of aryl methyl sites for hydroxylation is 1. The number of nitrogens with zero attached hydrogens (tertiary/aromatic N) is 4. The maximum atomic E-state index is 15.0. The van der Waals surface area contributed by atoms with Gasteiger partial charge in [0.1, 0.15) is 11.5 Å². The summed E-state index contributed by atoms with van der Waals surface area (Å²) in [7, 11) is -4.03. The van der Waals surface area contributed by atoms with Crippen molar-refractivity contribution in [1.82, 2.24) is 14.7 Å². The van der Waals surface area contributed by atoms with Crippen LogP contribution in [0, 0.1) is 24.1 Å². The second-order valence-corrected chi connectivity index (χ2v) is 10.9. The normalized spacial score (nSPS) is 12.2. The summed E-state index contributed by atoms with van der Waals surface area (Å²) < 4.78 is 39.8. The van der Waals surface area contributed by atoms with Gasteiger partial charge in [0.15, 0.2) is 0 Å². The fourth-order valence-electron chi connectivity index (χ4n) is 3.79. The van der Waals surface area contributed by atoms with Gasteiger partial charge in [-0.05, 0) is 57.5 Å². The van der Waals surface area contributed by atoms with E-state index in [4.69, 9.17) is 10.4 Å². The quantitative estimate of drug-likeness (QED) is 0.520. The average Bonchev–Trinajstić information content (AvgIpc) is 3.11. The van der Waals surface area contributed by atoms with Crippen molar-refractivity contribution in [2.75, 3.05) is 6.54 Å². The summed E-state index contributed by atoms with van der Waals surface area (Å²) in [5.41, 5.74) is 3.59. The number of sulfonamides is 1. The van der Waals surface area contributed by atoms with E-state index >= 15 is 4.39 Å². The fourth-order valence-corrected chi connectivity index (χ4v) is 4.31. The third-order valence-electron chi connectivity index (χ3n) is 5.57. The Morgan fingerprint density at radius 1 is 1.18 bits per heavy atom. The van der Waals surface area contributed by atoms with Crippen LogP contribution in [-0.4, -0.2) is 35.2 Å². The molecule has 0 spiro atoms. The number of nitriles is 1. The lowest BCUT2D eigenvalue weighted by atomic mass is 10.0. The first-order chi connectivity index (χ1) is 15.9. The predicted octanol–water partition coefficient (Wildman–Crippen LogP) is 4.07. The molecule has 3 aromatic rings. The highest BCUT2D eigenvalue weighted by molar-refractivity contribution is 7.89. The second kappa shape index (κ2) is 10.1. The molecule has 0 atom stereocenters. The summed E-state index contributed by atoms with van der Waals surface area (Å²) in [5, 5.41) is 18.9. The van der Waals surface area contributed by atoms with E-state index in [-0.39, 0.29) is 16.1 Å². The van der Waals surface area contributed by atoms with Gasteiger partial charge in [0.05, 0.1) is 16.7 Å². The van der Waals surface area contributed by atoms with E-state index in [1.165, 1.54) is 16.8 Å². The summed E-state index contributed by atoms with van der Waals surface area (Å²) >= 11 is 0. The number of nitrogens with two attached hydrogens (primary N) is 1. The molecule has 0 aliphatic rings. The number of aromatic nitrogens is 2. The molecule has 0 saturated carbocycles. The Morgan fingerprint density at radius 2 is 1.91 bits per heavy atom. The molecule has 0 amide bonds. The number of primary sulfonamides is 1. The van der Waals surface area contributed by atoms with Crippen LogP contribution < -0.4 is 5.14 Å². The lowest BCUT2D eigenvalue weighted by Crippen LogP contribution is -2.41. The highest BCUT2D eigenvalue weighted by Gasteiger charge is 2.24. The van der Waals surface area contributed by atoms with Crippen molar-refractivity contribution in [3.63, 3.8) is 0 Å². The fraction of sp³-hybridized carbons (Fsp3) is 0.360. The average molecular weight is 484 g/mol. The van der Waals surface area contributed by atoms with Gasteiger partial charge in [-0.1, -0.05) is 29.8 Å². The van der Waals surface area contributed by atoms with Crippen LogP contribution in [0.3, 0.4) is 0 Å². The van der Waals surface area contributed by atoms with E-state index in [2.05, 4.69) is 42.9 Å². The molecule has 0 fully saturated rings. The van der Waals surface area contributed by atoms with Crippen LogP contribution >= 0.6 is 0 Å². The number of hydrogen-bond acceptors (Lipinski definition) is 5. The summed E-state index contributed by atoms with van der Waals surface area (Å²) in [4.78, 5) is 1.86. The molecule has 0 unspecified atom stereocenters. The Bertz CT molecular complexity index is 1320. The van der Waals surface area contributed by atoms with Crippen LogP contribution in [0.15, 0.2) is 53.4 Å². The zero-order chi connectivity index (χ0) is 25.1. The standard InChI is InChI=1S/C25H30FN5O2S/c1-18-7-5-8-19(13-18)14-21-15-20(17-30(12-6-11-27)25(2,3)4)29-31(21)24-10-9-22(16-23(24)26)34(28,32)33/h5,7-10,13,15-16H,6,12,14,17H2,1-4H3,(H2,28,32,33). The summed E-state index contributed by atoms with van der Waals surface area (Å²) in [5.74, 6) is -0.733. The highest BCUT2D eigenvalue weighted by Crippen LogP contribution is 2.24. The van der Waals surface area contributed by atoms with Crippen molar-refractivity contribution in [3.8, 4) is 11.8 Å². The summed E-state index contributed by atoms with van der Waals surface area (Å²) in [6.07, 6.45) is 0.899. The van der Waals surface area contributed by atoms with Crippen molar-refractivity contribution < 1.29 is 12.8 Å². The van der Waals surface area contributed by atoms with E-state index < -0.39 is 15.8 Å². The van der Waals surface area contributed by atoms with Crippen LogP contribution in [0.4, 0.5) is 4.39 Å². The van der Waals surface area contributed by atoms with E-state index in [1.807, 2.05) is 31.2 Å². The molecule has 0 aliphatic heterocycles. The minimum absolute atomic E-state index is 0.139. The molecule has 9 heteroatoms. The molecule has 180 valence electrons. The Hall–Kier alpha value is -3.06. The molecule has 0 bridgehead atoms. The highest BCUT2D eigenvalue weighted by atomic mass is 32.2. The first-order valence-electron chi connectivity index (χ1n) is 11.0. The number of rotatable bonds is 8. The predicted molar refractivity (Wildman–Crippen MR) is 129 cm³/mol. The van der Waals surface area contributed by atoms with Crippen LogP contribution in [0.25, 0.3) is 5.69 Å². The second-order valence-electron chi connectivity index (χ2n) is 9.36. The van der Waals surface area contributed by atoms with E-state index in [0.29, 0.717) is 25.9 Å². The molecule has 3 rings (SSSR count). The Balaban J connectivity index is 2.06. The molecule has 34 heavy (non-hydrogen) atoms. The molecular formula is C25H30FN5O2S. The maximum Gasteiger partial charge on any atom is 0.238 e. The van der Waals surface area contributed by atoms with Gasteiger partial charge < -0.3 is 0 Å². The Morgan fingerprint density at radius 3 is 2.50 bits per heavy atom. The van der Waals surface area contributed by atoms with Crippen molar-refractivity contribution in [3.05, 3.63) is 76.9 Å². The first-order valence-corrected chi connectivity index (χ1v) is 12.5. The number of hydrogen-bond donors (Lipinski definition) is 1. The zero-order valence-corrected chi connectivity index (χ0v) is 20.7. The van der Waals surface area contributed by atoms with E-state index in [0.717, 1.165) is 28.6 Å². The molecular weight excluding hydrogens is 453 g/mol. The third-order valence-corrected chi connectivity index (χ3v) is 6.48. The van der Waals surface area contributed by atoms with Crippen molar-refractivity contribution in [1.29, 1.82) is 5.26 Å². The van der Waals surface area contributed by atoms with Crippen LogP contribution in [0.1, 0.15) is 49.7 Å². The molecule has 1 aromatic heterocycles. The molecule has 0 radical (unpaired) electrons. The lowest BCUT2D eigenvalue weighted by Gasteiger charge is -2.34. The number of benzene rings is 2. The largest absolute Gasteiger partial charge is 0.292 e. The molecule has 0 aliphatic carbocycles. The van der Waals surface area contributed by atoms with Gasteiger partial charge in [0.25, 0.3) is 0 Å². The minimum atomic E-state index is -4.03. The van der Waals surface area contributed by atoms with Gasteiger partial charge in [-0.15, -0.1) is 0 Å². The maximum absolute atomic E-state index is 15.0. The third kappa shape index (κ3) is 6.29. The molecule has 2 aromatic carbocycles. The number of halogens is 1. The van der Waals surface area contributed by atoms with Crippen LogP contribution in [0.5, 0.6) is 0 Å². The first kappa shape index (κ1) is 25.6. The van der Waals surface area contributed by atoms with Gasteiger partial charge in [-0.25, -0.2) is 22.6 Å². The summed E-state index contributed by atoms with van der Waals surface area (Å²) in [6, 6.07) is 15.7. The zero-order valence-electron chi connectivity index (χ0n) is 19.9. The van der Waals surface area contributed by atoms with E-state index in [1.54, 1.807) is 0 Å². The Kier molecular flexibility index (Phi) is 7.56. The van der Waals surface area contributed by atoms with Gasteiger partial charge in [0, 0.05) is 37.2 Å². The minimum Gasteiger partial charge on any atom is -0.292 e.